The highest BCUT2D eigenvalue weighted by atomic mass is 32.2. The number of hydrogen-bond donors (Lipinski definition) is 1. The first-order valence-electron chi connectivity index (χ1n) is 8.25. The predicted octanol–water partition coefficient (Wildman–Crippen LogP) is 4.37. The summed E-state index contributed by atoms with van der Waals surface area (Å²) < 4.78 is 49.4. The first-order valence-corrected chi connectivity index (χ1v) is 9.07. The van der Waals surface area contributed by atoms with Crippen LogP contribution >= 0.6 is 11.8 Å². The zero-order valence-electron chi connectivity index (χ0n) is 14.2. The molecule has 0 bridgehead atoms. The normalized spacial score (nSPS) is 19.2. The summed E-state index contributed by atoms with van der Waals surface area (Å²) in [5.74, 6) is 0.871. The van der Waals surface area contributed by atoms with Crippen LogP contribution in [0.2, 0.25) is 0 Å². The minimum atomic E-state index is -4.45. The number of carbonyl (C=O) groups is 1. The van der Waals surface area contributed by atoms with E-state index >= 15 is 0 Å². The third-order valence-corrected chi connectivity index (χ3v) is 4.83. The summed E-state index contributed by atoms with van der Waals surface area (Å²) in [5.41, 5.74) is 0.0520. The van der Waals surface area contributed by atoms with Crippen LogP contribution in [0.15, 0.2) is 52.4 Å². The van der Waals surface area contributed by atoms with Crippen LogP contribution < -0.4 is 14.8 Å². The van der Waals surface area contributed by atoms with Gasteiger partial charge in [-0.3, -0.25) is 4.79 Å². The van der Waals surface area contributed by atoms with E-state index in [0.29, 0.717) is 29.6 Å². The first-order chi connectivity index (χ1) is 13.4. The largest absolute Gasteiger partial charge is 0.486 e. The van der Waals surface area contributed by atoms with Gasteiger partial charge in [0.1, 0.15) is 13.2 Å². The molecule has 144 valence electrons. The SMILES string of the molecule is O=C1NC(=Nc2cccc(C(F)(F)F)c2)S/C1=C/c1ccc2c(c1)OCCO2. The molecular formula is C19H13F3N2O3S. The van der Waals surface area contributed by atoms with Crippen LogP contribution in [-0.4, -0.2) is 24.3 Å². The van der Waals surface area contributed by atoms with Crippen LogP contribution in [-0.2, 0) is 11.0 Å². The molecule has 0 radical (unpaired) electrons. The number of hydrogen-bond acceptors (Lipinski definition) is 5. The maximum Gasteiger partial charge on any atom is 0.416 e. The second-order valence-electron chi connectivity index (χ2n) is 5.93. The summed E-state index contributed by atoms with van der Waals surface area (Å²) in [6, 6.07) is 9.93. The topological polar surface area (TPSA) is 59.9 Å². The van der Waals surface area contributed by atoms with Crippen LogP contribution in [0.1, 0.15) is 11.1 Å². The van der Waals surface area contributed by atoms with E-state index in [1.807, 2.05) is 0 Å². The Balaban J connectivity index is 1.56. The fraction of sp³-hybridized carbons (Fsp3) is 0.158. The highest BCUT2D eigenvalue weighted by molar-refractivity contribution is 8.18. The third-order valence-electron chi connectivity index (χ3n) is 3.92. The van der Waals surface area contributed by atoms with E-state index in [2.05, 4.69) is 10.3 Å². The van der Waals surface area contributed by atoms with Crippen molar-refractivity contribution in [2.45, 2.75) is 6.18 Å². The summed E-state index contributed by atoms with van der Waals surface area (Å²) in [6.45, 7) is 0.942. The molecule has 2 aliphatic rings. The lowest BCUT2D eigenvalue weighted by atomic mass is 10.2. The highest BCUT2D eigenvalue weighted by Crippen LogP contribution is 2.35. The lowest BCUT2D eigenvalue weighted by Crippen LogP contribution is -2.19. The van der Waals surface area contributed by atoms with Crippen molar-refractivity contribution in [2.24, 2.45) is 4.99 Å². The molecule has 2 aliphatic heterocycles. The van der Waals surface area contributed by atoms with E-state index in [9.17, 15) is 18.0 Å². The summed E-state index contributed by atoms with van der Waals surface area (Å²) in [7, 11) is 0. The monoisotopic (exact) mass is 406 g/mol. The van der Waals surface area contributed by atoms with Crippen molar-refractivity contribution in [1.82, 2.24) is 5.32 Å². The van der Waals surface area contributed by atoms with E-state index in [1.54, 1.807) is 24.3 Å². The Kier molecular flexibility index (Phi) is 4.76. The van der Waals surface area contributed by atoms with Gasteiger partial charge in [-0.2, -0.15) is 13.2 Å². The van der Waals surface area contributed by atoms with Gasteiger partial charge in [0.15, 0.2) is 16.7 Å². The van der Waals surface area contributed by atoms with Crippen LogP contribution in [0.4, 0.5) is 18.9 Å². The van der Waals surface area contributed by atoms with Gasteiger partial charge < -0.3 is 14.8 Å². The molecule has 1 amide bonds. The molecule has 5 nitrogen and oxygen atoms in total. The minimum absolute atomic E-state index is 0.109. The molecule has 1 saturated heterocycles. The molecule has 0 spiro atoms. The minimum Gasteiger partial charge on any atom is -0.486 e. The third kappa shape index (κ3) is 3.99. The predicted molar refractivity (Wildman–Crippen MR) is 99.7 cm³/mol. The Hall–Kier alpha value is -2.94. The van der Waals surface area contributed by atoms with Crippen molar-refractivity contribution in [3.63, 3.8) is 0 Å². The lowest BCUT2D eigenvalue weighted by Gasteiger charge is -2.18. The molecule has 0 unspecified atom stereocenters. The van der Waals surface area contributed by atoms with Gasteiger partial charge in [-0.1, -0.05) is 12.1 Å². The first kappa shape index (κ1) is 18.4. The van der Waals surface area contributed by atoms with Gasteiger partial charge in [0, 0.05) is 0 Å². The van der Waals surface area contributed by atoms with Crippen molar-refractivity contribution < 1.29 is 27.4 Å². The summed E-state index contributed by atoms with van der Waals surface area (Å²) in [5, 5.41) is 2.78. The molecule has 1 fully saturated rings. The van der Waals surface area contributed by atoms with Gasteiger partial charge in [0.25, 0.3) is 5.91 Å². The Morgan fingerprint density at radius 1 is 1.07 bits per heavy atom. The number of alkyl halides is 3. The van der Waals surface area contributed by atoms with Gasteiger partial charge in [0.05, 0.1) is 16.2 Å². The number of fused-ring (bicyclic) bond motifs is 1. The second kappa shape index (κ2) is 7.23. The van der Waals surface area contributed by atoms with Crippen LogP contribution in [0.5, 0.6) is 11.5 Å². The standard InChI is InChI=1S/C19H13F3N2O3S/c20-19(21,22)12-2-1-3-13(10-12)23-18-24-17(25)16(28-18)9-11-4-5-14-15(8-11)27-7-6-26-14/h1-5,8-10H,6-7H2,(H,23,24,25)/b16-9+. The fourth-order valence-corrected chi connectivity index (χ4v) is 3.49. The van der Waals surface area contributed by atoms with E-state index in [1.165, 1.54) is 12.1 Å². The molecule has 4 rings (SSSR count). The quantitative estimate of drug-likeness (QED) is 0.753. The smallest absolute Gasteiger partial charge is 0.416 e. The molecule has 2 aromatic carbocycles. The summed E-state index contributed by atoms with van der Waals surface area (Å²) in [6.07, 6.45) is -2.79. The number of amides is 1. The van der Waals surface area contributed by atoms with Crippen molar-refractivity contribution >= 4 is 34.6 Å². The number of nitrogens with one attached hydrogen (secondary N) is 1. The zero-order chi connectivity index (χ0) is 19.7. The fourth-order valence-electron chi connectivity index (χ4n) is 2.65. The number of ether oxygens (including phenoxy) is 2. The van der Waals surface area contributed by atoms with E-state index < -0.39 is 11.7 Å². The maximum atomic E-state index is 12.8. The van der Waals surface area contributed by atoms with E-state index in [-0.39, 0.29) is 16.8 Å². The van der Waals surface area contributed by atoms with Crippen molar-refractivity contribution in [3.8, 4) is 11.5 Å². The number of nitrogens with zero attached hydrogens (tertiary/aromatic N) is 1. The van der Waals surface area contributed by atoms with Crippen LogP contribution in [0.3, 0.4) is 0 Å². The second-order valence-corrected chi connectivity index (χ2v) is 6.96. The Bertz CT molecular complexity index is 1000. The number of amidine groups is 1. The van der Waals surface area contributed by atoms with Crippen LogP contribution in [0.25, 0.3) is 6.08 Å². The number of benzene rings is 2. The molecule has 28 heavy (non-hydrogen) atoms. The van der Waals surface area contributed by atoms with Gasteiger partial charge in [-0.15, -0.1) is 0 Å². The van der Waals surface area contributed by atoms with Crippen molar-refractivity contribution in [2.75, 3.05) is 13.2 Å². The molecule has 9 heteroatoms. The summed E-state index contributed by atoms with van der Waals surface area (Å²) >= 11 is 1.06. The van der Waals surface area contributed by atoms with E-state index in [0.717, 1.165) is 29.5 Å². The average Bonchev–Trinajstić information content (AvgIpc) is 3.00. The van der Waals surface area contributed by atoms with Crippen LogP contribution in [0, 0.1) is 0 Å². The molecule has 2 heterocycles. The number of carbonyl (C=O) groups excluding carboxylic acids is 1. The molecule has 0 aromatic heterocycles. The maximum absolute atomic E-state index is 12.8. The van der Waals surface area contributed by atoms with Gasteiger partial charge in [-0.05, 0) is 53.7 Å². The lowest BCUT2D eigenvalue weighted by molar-refractivity contribution is -0.137. The molecular weight excluding hydrogens is 393 g/mol. The zero-order valence-corrected chi connectivity index (χ0v) is 15.1. The number of thioether (sulfide) groups is 1. The van der Waals surface area contributed by atoms with Gasteiger partial charge in [0.2, 0.25) is 0 Å². The molecule has 1 N–H and O–H groups in total. The van der Waals surface area contributed by atoms with E-state index in [4.69, 9.17) is 9.47 Å². The number of rotatable bonds is 2. The average molecular weight is 406 g/mol. The molecule has 0 saturated carbocycles. The highest BCUT2D eigenvalue weighted by Gasteiger charge is 2.30. The Labute approximate surface area is 162 Å². The molecule has 2 aromatic rings. The van der Waals surface area contributed by atoms with Gasteiger partial charge >= 0.3 is 6.18 Å². The number of aliphatic imine (C=N–C) groups is 1. The Morgan fingerprint density at radius 2 is 1.86 bits per heavy atom. The Morgan fingerprint density at radius 3 is 2.64 bits per heavy atom. The summed E-state index contributed by atoms with van der Waals surface area (Å²) in [4.78, 5) is 16.7. The van der Waals surface area contributed by atoms with Crippen molar-refractivity contribution in [1.29, 1.82) is 0 Å². The molecule has 0 aliphatic carbocycles. The van der Waals surface area contributed by atoms with Gasteiger partial charge in [-0.25, -0.2) is 4.99 Å². The number of halogens is 3. The molecule has 0 atom stereocenters. The van der Waals surface area contributed by atoms with Crippen molar-refractivity contribution in [3.05, 3.63) is 58.5 Å².